The minimum absolute atomic E-state index is 0.429. The lowest BCUT2D eigenvalue weighted by atomic mass is 10.3. The number of ether oxygens (including phenoxy) is 1. The van der Waals surface area contributed by atoms with Crippen molar-refractivity contribution in [2.45, 2.75) is 27.3 Å². The second kappa shape index (κ2) is 6.88. The van der Waals surface area contributed by atoms with E-state index in [1.807, 2.05) is 32.0 Å². The second-order valence-electron chi connectivity index (χ2n) is 4.63. The van der Waals surface area contributed by atoms with Gasteiger partial charge in [0.2, 0.25) is 5.88 Å². The predicted molar refractivity (Wildman–Crippen MR) is 83.3 cm³/mol. The molecule has 112 valence electrons. The van der Waals surface area contributed by atoms with Gasteiger partial charge in [-0.3, -0.25) is 4.98 Å². The van der Waals surface area contributed by atoms with Gasteiger partial charge in [0.15, 0.2) is 5.82 Å². The fourth-order valence-corrected chi connectivity index (χ4v) is 2.09. The third-order valence-corrected chi connectivity index (χ3v) is 3.09. The summed E-state index contributed by atoms with van der Waals surface area (Å²) in [6, 6.07) is 5.98. The molecule has 0 amide bonds. The van der Waals surface area contributed by atoms with Crippen molar-refractivity contribution in [3.8, 4) is 5.88 Å². The number of hydrogen-bond donors (Lipinski definition) is 1. The molecule has 2 aromatic rings. The fraction of sp³-hybridized carbons (Fsp3) is 0.400. The zero-order valence-corrected chi connectivity index (χ0v) is 12.7. The molecule has 2 heterocycles. The maximum Gasteiger partial charge on any atom is 0.242 e. The standard InChI is InChI=1S/C15H21N5O/c1-4-20(9-12-8-6-7-11(3)19-12)14-13(16)15(21-5-2)18-10-17-14/h6-8,10H,4-5,9,16H2,1-3H3. The first-order valence-electron chi connectivity index (χ1n) is 7.06. The number of hydrogen-bond acceptors (Lipinski definition) is 6. The molecule has 0 atom stereocenters. The summed E-state index contributed by atoms with van der Waals surface area (Å²) >= 11 is 0. The molecule has 0 fully saturated rings. The molecule has 0 bridgehead atoms. The highest BCUT2D eigenvalue weighted by atomic mass is 16.5. The Morgan fingerprint density at radius 3 is 2.71 bits per heavy atom. The van der Waals surface area contributed by atoms with E-state index in [2.05, 4.69) is 26.8 Å². The number of pyridine rings is 1. The van der Waals surface area contributed by atoms with Gasteiger partial charge in [-0.15, -0.1) is 0 Å². The zero-order chi connectivity index (χ0) is 15.2. The SMILES string of the molecule is CCOc1ncnc(N(CC)Cc2cccc(C)n2)c1N. The van der Waals surface area contributed by atoms with Crippen LogP contribution < -0.4 is 15.4 Å². The highest BCUT2D eigenvalue weighted by molar-refractivity contribution is 5.67. The molecule has 0 spiro atoms. The molecule has 0 aromatic carbocycles. The normalized spacial score (nSPS) is 10.4. The van der Waals surface area contributed by atoms with Gasteiger partial charge in [-0.05, 0) is 32.9 Å². The van der Waals surface area contributed by atoms with Crippen molar-refractivity contribution in [1.82, 2.24) is 15.0 Å². The number of nitrogen functional groups attached to an aromatic ring is 1. The van der Waals surface area contributed by atoms with Crippen molar-refractivity contribution in [3.63, 3.8) is 0 Å². The van der Waals surface area contributed by atoms with Gasteiger partial charge in [-0.25, -0.2) is 4.98 Å². The summed E-state index contributed by atoms with van der Waals surface area (Å²) in [6.45, 7) is 7.86. The van der Waals surface area contributed by atoms with Gasteiger partial charge < -0.3 is 15.4 Å². The first-order valence-corrected chi connectivity index (χ1v) is 7.06. The number of nitrogens with two attached hydrogens (primary N) is 1. The minimum atomic E-state index is 0.429. The Labute approximate surface area is 125 Å². The molecule has 0 unspecified atom stereocenters. The Morgan fingerprint density at radius 2 is 2.05 bits per heavy atom. The largest absolute Gasteiger partial charge is 0.476 e. The van der Waals surface area contributed by atoms with E-state index in [4.69, 9.17) is 10.5 Å². The molecule has 0 saturated heterocycles. The summed E-state index contributed by atoms with van der Waals surface area (Å²) in [5.41, 5.74) is 8.56. The molecule has 6 nitrogen and oxygen atoms in total. The number of rotatable bonds is 6. The molecule has 21 heavy (non-hydrogen) atoms. The van der Waals surface area contributed by atoms with Crippen molar-refractivity contribution in [3.05, 3.63) is 35.9 Å². The summed E-state index contributed by atoms with van der Waals surface area (Å²) in [7, 11) is 0. The van der Waals surface area contributed by atoms with Crippen LogP contribution in [-0.4, -0.2) is 28.1 Å². The van der Waals surface area contributed by atoms with Gasteiger partial charge in [0.05, 0.1) is 18.8 Å². The predicted octanol–water partition coefficient (Wildman–Crippen LogP) is 2.19. The summed E-state index contributed by atoms with van der Waals surface area (Å²) in [5, 5.41) is 0. The number of aromatic nitrogens is 3. The fourth-order valence-electron chi connectivity index (χ4n) is 2.09. The van der Waals surface area contributed by atoms with Crippen LogP contribution in [0.4, 0.5) is 11.5 Å². The van der Waals surface area contributed by atoms with Gasteiger partial charge in [0, 0.05) is 12.2 Å². The average Bonchev–Trinajstić information content (AvgIpc) is 2.48. The Balaban J connectivity index is 2.27. The van der Waals surface area contributed by atoms with Crippen LogP contribution in [0.5, 0.6) is 5.88 Å². The highest BCUT2D eigenvalue weighted by Gasteiger charge is 2.15. The first-order chi connectivity index (χ1) is 10.2. The third kappa shape index (κ3) is 3.59. The van der Waals surface area contributed by atoms with Crippen molar-refractivity contribution in [2.24, 2.45) is 0 Å². The molecule has 2 rings (SSSR count). The molecule has 0 saturated carbocycles. The molecular weight excluding hydrogens is 266 g/mol. The number of anilines is 2. The Hall–Kier alpha value is -2.37. The van der Waals surface area contributed by atoms with E-state index in [-0.39, 0.29) is 0 Å². The Kier molecular flexibility index (Phi) is 4.92. The van der Waals surface area contributed by atoms with Gasteiger partial charge in [-0.1, -0.05) is 6.07 Å². The smallest absolute Gasteiger partial charge is 0.242 e. The van der Waals surface area contributed by atoms with Crippen LogP contribution in [0, 0.1) is 6.92 Å². The van der Waals surface area contributed by atoms with Crippen LogP contribution in [0.2, 0.25) is 0 Å². The Morgan fingerprint density at radius 1 is 1.24 bits per heavy atom. The lowest BCUT2D eigenvalue weighted by Crippen LogP contribution is -2.25. The topological polar surface area (TPSA) is 77.2 Å². The van der Waals surface area contributed by atoms with Gasteiger partial charge >= 0.3 is 0 Å². The molecular formula is C15H21N5O. The lowest BCUT2D eigenvalue weighted by molar-refractivity contribution is 0.328. The quantitative estimate of drug-likeness (QED) is 0.877. The second-order valence-corrected chi connectivity index (χ2v) is 4.63. The summed E-state index contributed by atoms with van der Waals surface area (Å²) in [4.78, 5) is 14.9. The lowest BCUT2D eigenvalue weighted by Gasteiger charge is -2.23. The molecule has 6 heteroatoms. The van der Waals surface area contributed by atoms with Crippen molar-refractivity contribution < 1.29 is 4.74 Å². The summed E-state index contributed by atoms with van der Waals surface area (Å²) in [5.74, 6) is 1.11. The first kappa shape index (κ1) is 15.0. The number of aryl methyl sites for hydroxylation is 1. The van der Waals surface area contributed by atoms with E-state index in [1.54, 1.807) is 0 Å². The summed E-state index contributed by atoms with van der Waals surface area (Å²) < 4.78 is 5.42. The highest BCUT2D eigenvalue weighted by Crippen LogP contribution is 2.28. The maximum atomic E-state index is 6.12. The zero-order valence-electron chi connectivity index (χ0n) is 12.7. The molecule has 0 aliphatic carbocycles. The monoisotopic (exact) mass is 287 g/mol. The van der Waals surface area contributed by atoms with Crippen molar-refractivity contribution >= 4 is 11.5 Å². The molecule has 0 radical (unpaired) electrons. The van der Waals surface area contributed by atoms with E-state index in [9.17, 15) is 0 Å². The van der Waals surface area contributed by atoms with Crippen LogP contribution >= 0.6 is 0 Å². The number of nitrogens with zero attached hydrogens (tertiary/aromatic N) is 4. The van der Waals surface area contributed by atoms with E-state index >= 15 is 0 Å². The Bertz CT molecular complexity index is 602. The van der Waals surface area contributed by atoms with Crippen LogP contribution in [0.15, 0.2) is 24.5 Å². The van der Waals surface area contributed by atoms with E-state index in [0.717, 1.165) is 17.9 Å². The van der Waals surface area contributed by atoms with Gasteiger partial charge in [0.1, 0.15) is 12.0 Å². The van der Waals surface area contributed by atoms with Crippen molar-refractivity contribution in [2.75, 3.05) is 23.8 Å². The van der Waals surface area contributed by atoms with E-state index < -0.39 is 0 Å². The molecule has 2 N–H and O–H groups in total. The molecule has 0 aliphatic rings. The third-order valence-electron chi connectivity index (χ3n) is 3.09. The van der Waals surface area contributed by atoms with Crippen LogP contribution in [0.1, 0.15) is 25.2 Å². The van der Waals surface area contributed by atoms with E-state index in [1.165, 1.54) is 6.33 Å². The molecule has 2 aromatic heterocycles. The van der Waals surface area contributed by atoms with Crippen LogP contribution in [-0.2, 0) is 6.54 Å². The summed E-state index contributed by atoms with van der Waals surface area (Å²) in [6.07, 6.45) is 1.48. The van der Waals surface area contributed by atoms with Gasteiger partial charge in [-0.2, -0.15) is 4.98 Å². The molecule has 0 aliphatic heterocycles. The minimum Gasteiger partial charge on any atom is -0.476 e. The van der Waals surface area contributed by atoms with Crippen molar-refractivity contribution in [1.29, 1.82) is 0 Å². The average molecular weight is 287 g/mol. The van der Waals surface area contributed by atoms with Crippen LogP contribution in [0.25, 0.3) is 0 Å². The van der Waals surface area contributed by atoms with E-state index in [0.29, 0.717) is 30.5 Å². The van der Waals surface area contributed by atoms with Crippen LogP contribution in [0.3, 0.4) is 0 Å². The maximum absolute atomic E-state index is 6.12. The van der Waals surface area contributed by atoms with Gasteiger partial charge in [0.25, 0.3) is 0 Å².